The summed E-state index contributed by atoms with van der Waals surface area (Å²) >= 11 is 0. The molecule has 0 spiro atoms. The number of aliphatic hydroxyl groups excluding tert-OH is 3. The number of anilines is 2. The highest BCUT2D eigenvalue weighted by atomic mass is 16.5. The van der Waals surface area contributed by atoms with Gasteiger partial charge in [0.25, 0.3) is 0 Å². The summed E-state index contributed by atoms with van der Waals surface area (Å²) in [5.74, 6) is 0.151. The smallest absolute Gasteiger partial charge is 0.227 e. The molecule has 0 aliphatic carbocycles. The molecule has 1 aliphatic heterocycles. The SMILES string of the molecule is Cc1ccnc(NC(C2=C(O)CC=C(CO)O2)c2ccc(C(Nc3nccc(C)n3)c3oc(CO)cc(=O)c3O)cc2)n1. The Morgan fingerprint density at radius 2 is 1.44 bits per heavy atom. The molecule has 0 amide bonds. The molecule has 0 saturated carbocycles. The molecule has 0 saturated heterocycles. The maximum atomic E-state index is 12.5. The number of aromatic hydroxyl groups is 1. The van der Waals surface area contributed by atoms with Crippen LogP contribution in [0.25, 0.3) is 0 Å². The van der Waals surface area contributed by atoms with Crippen molar-refractivity contribution in [1.29, 1.82) is 0 Å². The van der Waals surface area contributed by atoms with Crippen LogP contribution in [0, 0.1) is 13.8 Å². The van der Waals surface area contributed by atoms with E-state index in [1.54, 1.807) is 61.8 Å². The minimum Gasteiger partial charge on any atom is -0.508 e. The summed E-state index contributed by atoms with van der Waals surface area (Å²) in [7, 11) is 0. The van der Waals surface area contributed by atoms with Crippen molar-refractivity contribution in [2.75, 3.05) is 17.2 Å². The second kappa shape index (κ2) is 12.7. The van der Waals surface area contributed by atoms with Crippen LogP contribution in [-0.2, 0) is 11.3 Å². The lowest BCUT2D eigenvalue weighted by atomic mass is 9.97. The number of aliphatic hydroxyl groups is 3. The van der Waals surface area contributed by atoms with Gasteiger partial charge in [-0.1, -0.05) is 24.3 Å². The molecule has 2 atom stereocenters. The van der Waals surface area contributed by atoms with Crippen LogP contribution in [0.15, 0.2) is 87.4 Å². The first kappa shape index (κ1) is 29.2. The zero-order chi connectivity index (χ0) is 30.5. The van der Waals surface area contributed by atoms with E-state index in [9.17, 15) is 25.2 Å². The Kier molecular flexibility index (Phi) is 8.64. The van der Waals surface area contributed by atoms with Crippen molar-refractivity contribution in [1.82, 2.24) is 19.9 Å². The van der Waals surface area contributed by atoms with Crippen molar-refractivity contribution >= 4 is 11.9 Å². The molecule has 0 fully saturated rings. The van der Waals surface area contributed by atoms with Crippen LogP contribution in [0.3, 0.4) is 0 Å². The summed E-state index contributed by atoms with van der Waals surface area (Å²) < 4.78 is 11.6. The number of nitrogens with zero attached hydrogens (tertiary/aromatic N) is 4. The predicted octanol–water partition coefficient (Wildman–Crippen LogP) is 3.46. The van der Waals surface area contributed by atoms with Crippen molar-refractivity contribution < 1.29 is 29.6 Å². The Bertz CT molecular complexity index is 1740. The molecule has 0 radical (unpaired) electrons. The fraction of sp³-hybridized carbons (Fsp3) is 0.233. The highest BCUT2D eigenvalue weighted by molar-refractivity contribution is 5.46. The van der Waals surface area contributed by atoms with Gasteiger partial charge in [0.2, 0.25) is 23.1 Å². The normalized spacial score (nSPS) is 14.5. The third-order valence-corrected chi connectivity index (χ3v) is 6.62. The molecular weight excluding hydrogens is 556 g/mol. The molecule has 3 aromatic heterocycles. The van der Waals surface area contributed by atoms with Crippen LogP contribution in [0.1, 0.15) is 52.5 Å². The van der Waals surface area contributed by atoms with Gasteiger partial charge in [-0.15, -0.1) is 0 Å². The Labute approximate surface area is 245 Å². The quantitative estimate of drug-likeness (QED) is 0.158. The van der Waals surface area contributed by atoms with Gasteiger partial charge in [-0.3, -0.25) is 4.79 Å². The molecule has 2 unspecified atom stereocenters. The number of benzene rings is 1. The predicted molar refractivity (Wildman–Crippen MR) is 155 cm³/mol. The van der Waals surface area contributed by atoms with Crippen molar-refractivity contribution in [3.8, 4) is 5.75 Å². The number of aryl methyl sites for hydroxylation is 2. The van der Waals surface area contributed by atoms with Crippen molar-refractivity contribution in [2.24, 2.45) is 0 Å². The van der Waals surface area contributed by atoms with E-state index in [4.69, 9.17) is 9.15 Å². The summed E-state index contributed by atoms with van der Waals surface area (Å²) in [6, 6.07) is 9.74. The molecule has 6 N–H and O–H groups in total. The van der Waals surface area contributed by atoms with Crippen LogP contribution in [0.4, 0.5) is 11.9 Å². The first-order chi connectivity index (χ1) is 20.7. The summed E-state index contributed by atoms with van der Waals surface area (Å²) in [4.78, 5) is 29.8. The van der Waals surface area contributed by atoms with E-state index in [0.717, 1.165) is 11.8 Å². The number of nitrogens with one attached hydrogen (secondary N) is 2. The Balaban J connectivity index is 1.57. The monoisotopic (exact) mass is 586 g/mol. The molecular formula is C30H30N6O7. The van der Waals surface area contributed by atoms with E-state index in [-0.39, 0.29) is 47.8 Å². The van der Waals surface area contributed by atoms with Crippen LogP contribution in [0.5, 0.6) is 5.75 Å². The molecule has 4 aromatic rings. The number of rotatable bonds is 10. The van der Waals surface area contributed by atoms with Crippen molar-refractivity contribution in [2.45, 2.75) is 39.0 Å². The second-order valence-corrected chi connectivity index (χ2v) is 9.76. The zero-order valence-corrected chi connectivity index (χ0v) is 23.4. The standard InChI is InChI=1S/C30H30N6O7/c1-16-9-11-31-29(33-16)35-24(27-22(39)8-7-20(14-37)42-27)18-3-5-19(6-4-18)25(36-30-32-12-10-17(2)34-30)28-26(41)23(40)13-21(15-38)43-28/h3-7,9-13,24-25,37-39,41H,8,14-15H2,1-2H3,(H,31,33,35)(H,32,34,36). The number of aromatic nitrogens is 4. The van der Waals surface area contributed by atoms with Gasteiger partial charge in [-0.05, 0) is 43.2 Å². The lowest BCUT2D eigenvalue weighted by molar-refractivity contribution is 0.178. The Morgan fingerprint density at radius 3 is 2.00 bits per heavy atom. The number of allylic oxidation sites excluding steroid dienone is 1. The van der Waals surface area contributed by atoms with Crippen LogP contribution >= 0.6 is 0 Å². The lowest BCUT2D eigenvalue weighted by Gasteiger charge is -2.27. The molecule has 1 aliphatic rings. The van der Waals surface area contributed by atoms with Gasteiger partial charge in [0.15, 0.2) is 11.5 Å². The fourth-order valence-corrected chi connectivity index (χ4v) is 4.48. The highest BCUT2D eigenvalue weighted by Crippen LogP contribution is 2.36. The van der Waals surface area contributed by atoms with E-state index >= 15 is 0 Å². The highest BCUT2D eigenvalue weighted by Gasteiger charge is 2.29. The number of ether oxygens (including phenoxy) is 1. The summed E-state index contributed by atoms with van der Waals surface area (Å²) in [6.07, 6.45) is 4.92. The number of hydrogen-bond acceptors (Lipinski definition) is 13. The molecule has 4 heterocycles. The van der Waals surface area contributed by atoms with Gasteiger partial charge in [0, 0.05) is 36.3 Å². The van der Waals surface area contributed by atoms with E-state index in [2.05, 4.69) is 30.6 Å². The molecule has 43 heavy (non-hydrogen) atoms. The molecule has 1 aromatic carbocycles. The van der Waals surface area contributed by atoms with Gasteiger partial charge in [0.1, 0.15) is 42.6 Å². The third kappa shape index (κ3) is 6.63. The largest absolute Gasteiger partial charge is 0.508 e. The Hall–Kier alpha value is -5.27. The lowest BCUT2D eigenvalue weighted by Crippen LogP contribution is -2.21. The fourth-order valence-electron chi connectivity index (χ4n) is 4.48. The average molecular weight is 587 g/mol. The third-order valence-electron chi connectivity index (χ3n) is 6.62. The minimum atomic E-state index is -0.941. The maximum absolute atomic E-state index is 12.5. The first-order valence-corrected chi connectivity index (χ1v) is 13.3. The van der Waals surface area contributed by atoms with Gasteiger partial charge in [-0.25, -0.2) is 19.9 Å². The molecule has 0 bridgehead atoms. The maximum Gasteiger partial charge on any atom is 0.227 e. The van der Waals surface area contributed by atoms with E-state index in [0.29, 0.717) is 22.8 Å². The summed E-state index contributed by atoms with van der Waals surface area (Å²) in [5, 5.41) is 47.1. The van der Waals surface area contributed by atoms with Crippen LogP contribution in [0.2, 0.25) is 0 Å². The molecule has 13 heteroatoms. The second-order valence-electron chi connectivity index (χ2n) is 9.76. The van der Waals surface area contributed by atoms with Gasteiger partial charge in [0.05, 0.1) is 0 Å². The first-order valence-electron chi connectivity index (χ1n) is 13.3. The van der Waals surface area contributed by atoms with Crippen LogP contribution in [-0.4, -0.2) is 47.0 Å². The molecule has 13 nitrogen and oxygen atoms in total. The topological polar surface area (TPSA) is 196 Å². The number of hydrogen-bond donors (Lipinski definition) is 6. The van der Waals surface area contributed by atoms with Gasteiger partial charge >= 0.3 is 0 Å². The van der Waals surface area contributed by atoms with Crippen molar-refractivity contribution in [3.05, 3.63) is 122 Å². The van der Waals surface area contributed by atoms with Gasteiger partial charge in [-0.2, -0.15) is 0 Å². The summed E-state index contributed by atoms with van der Waals surface area (Å²) in [5.41, 5.74) is 1.88. The summed E-state index contributed by atoms with van der Waals surface area (Å²) in [6.45, 7) is 2.72. The Morgan fingerprint density at radius 1 is 0.860 bits per heavy atom. The van der Waals surface area contributed by atoms with E-state index in [1.165, 1.54) is 0 Å². The van der Waals surface area contributed by atoms with Gasteiger partial charge < -0.3 is 40.2 Å². The van der Waals surface area contributed by atoms with Crippen LogP contribution < -0.4 is 16.1 Å². The zero-order valence-electron chi connectivity index (χ0n) is 23.4. The van der Waals surface area contributed by atoms with Crippen molar-refractivity contribution in [3.63, 3.8) is 0 Å². The molecule has 5 rings (SSSR count). The van der Waals surface area contributed by atoms with E-state index < -0.39 is 29.9 Å². The molecule has 222 valence electrons. The average Bonchev–Trinajstić information content (AvgIpc) is 3.01. The minimum absolute atomic E-state index is 0.0293. The van der Waals surface area contributed by atoms with E-state index in [1.807, 2.05) is 6.92 Å².